The second-order valence-corrected chi connectivity index (χ2v) is 5.18. The van der Waals surface area contributed by atoms with Crippen LogP contribution in [0.3, 0.4) is 0 Å². The fourth-order valence-electron chi connectivity index (χ4n) is 1.89. The van der Waals surface area contributed by atoms with Crippen molar-refractivity contribution >= 4 is 23.5 Å². The van der Waals surface area contributed by atoms with Crippen LogP contribution in [0.15, 0.2) is 52.9 Å². The van der Waals surface area contributed by atoms with Gasteiger partial charge >= 0.3 is 6.01 Å². The number of carbonyl (C=O) groups is 1. The standard InChI is InChI=1S/C16H12ClN3O2/c1-10-5-7-11(8-6-10)14(21)18-16-20-19-15(22-16)12-3-2-4-13(17)9-12/h2-9H,1H3,(H,18,20,21). The number of hydrogen-bond donors (Lipinski definition) is 1. The highest BCUT2D eigenvalue weighted by Gasteiger charge is 2.12. The number of rotatable bonds is 3. The van der Waals surface area contributed by atoms with Crippen molar-refractivity contribution in [2.45, 2.75) is 6.92 Å². The van der Waals surface area contributed by atoms with E-state index in [1.54, 1.807) is 36.4 Å². The molecule has 0 atom stereocenters. The van der Waals surface area contributed by atoms with Gasteiger partial charge in [-0.1, -0.05) is 40.5 Å². The minimum atomic E-state index is -0.304. The van der Waals surface area contributed by atoms with E-state index in [-0.39, 0.29) is 11.9 Å². The highest BCUT2D eigenvalue weighted by molar-refractivity contribution is 6.30. The summed E-state index contributed by atoms with van der Waals surface area (Å²) < 4.78 is 5.43. The summed E-state index contributed by atoms with van der Waals surface area (Å²) in [5, 5.41) is 10.9. The van der Waals surface area contributed by atoms with E-state index in [1.807, 2.05) is 19.1 Å². The van der Waals surface area contributed by atoms with Gasteiger partial charge in [0.2, 0.25) is 5.89 Å². The number of halogens is 1. The predicted octanol–water partition coefficient (Wildman–Crippen LogP) is 3.95. The molecular formula is C16H12ClN3O2. The minimum absolute atomic E-state index is 0.0422. The lowest BCUT2D eigenvalue weighted by Crippen LogP contribution is -2.11. The third-order valence-electron chi connectivity index (χ3n) is 3.03. The van der Waals surface area contributed by atoms with Gasteiger partial charge in [-0.2, -0.15) is 0 Å². The Morgan fingerprint density at radius 1 is 1.14 bits per heavy atom. The number of aromatic nitrogens is 2. The van der Waals surface area contributed by atoms with Crippen molar-refractivity contribution in [2.75, 3.05) is 5.32 Å². The third-order valence-corrected chi connectivity index (χ3v) is 3.27. The average Bonchev–Trinajstić information content (AvgIpc) is 2.96. The van der Waals surface area contributed by atoms with Gasteiger partial charge in [0, 0.05) is 16.1 Å². The van der Waals surface area contributed by atoms with Gasteiger partial charge in [-0.25, -0.2) is 0 Å². The van der Waals surface area contributed by atoms with E-state index in [9.17, 15) is 4.79 Å². The number of amides is 1. The highest BCUT2D eigenvalue weighted by atomic mass is 35.5. The molecule has 6 heteroatoms. The van der Waals surface area contributed by atoms with E-state index in [2.05, 4.69) is 15.5 Å². The molecule has 0 bridgehead atoms. The van der Waals surface area contributed by atoms with Gasteiger partial charge in [0.15, 0.2) is 0 Å². The first-order chi connectivity index (χ1) is 10.6. The maximum Gasteiger partial charge on any atom is 0.322 e. The molecular weight excluding hydrogens is 302 g/mol. The SMILES string of the molecule is Cc1ccc(C(=O)Nc2nnc(-c3cccc(Cl)c3)o2)cc1. The van der Waals surface area contributed by atoms with Crippen LogP contribution >= 0.6 is 11.6 Å². The lowest BCUT2D eigenvalue weighted by atomic mass is 10.1. The molecule has 0 saturated carbocycles. The fourth-order valence-corrected chi connectivity index (χ4v) is 2.08. The molecule has 1 heterocycles. The molecule has 0 aliphatic rings. The van der Waals surface area contributed by atoms with Gasteiger partial charge in [0.05, 0.1) is 0 Å². The van der Waals surface area contributed by atoms with Crippen LogP contribution in [0.25, 0.3) is 11.5 Å². The fraction of sp³-hybridized carbons (Fsp3) is 0.0625. The molecule has 0 fully saturated rings. The summed E-state index contributed by atoms with van der Waals surface area (Å²) in [5.74, 6) is -0.0111. The zero-order valence-corrected chi connectivity index (χ0v) is 12.5. The van der Waals surface area contributed by atoms with Crippen molar-refractivity contribution in [1.82, 2.24) is 10.2 Å². The highest BCUT2D eigenvalue weighted by Crippen LogP contribution is 2.23. The van der Waals surface area contributed by atoms with Crippen LogP contribution in [-0.4, -0.2) is 16.1 Å². The largest absolute Gasteiger partial charge is 0.403 e. The molecule has 1 N–H and O–H groups in total. The van der Waals surface area contributed by atoms with E-state index in [0.717, 1.165) is 5.56 Å². The van der Waals surface area contributed by atoms with Crippen LogP contribution in [0.4, 0.5) is 6.01 Å². The lowest BCUT2D eigenvalue weighted by Gasteiger charge is -2.00. The van der Waals surface area contributed by atoms with Crippen LogP contribution in [0.1, 0.15) is 15.9 Å². The van der Waals surface area contributed by atoms with Gasteiger partial charge in [-0.15, -0.1) is 5.10 Å². The molecule has 0 saturated heterocycles. The zero-order chi connectivity index (χ0) is 15.5. The van der Waals surface area contributed by atoms with Crippen LogP contribution in [-0.2, 0) is 0 Å². The maximum atomic E-state index is 12.1. The summed E-state index contributed by atoms with van der Waals surface area (Å²) in [7, 11) is 0. The molecule has 0 unspecified atom stereocenters. The van der Waals surface area contributed by atoms with Gasteiger partial charge in [-0.05, 0) is 37.3 Å². The molecule has 22 heavy (non-hydrogen) atoms. The van der Waals surface area contributed by atoms with Gasteiger partial charge in [0.25, 0.3) is 5.91 Å². The van der Waals surface area contributed by atoms with Crippen LogP contribution in [0.2, 0.25) is 5.02 Å². The molecule has 1 aromatic heterocycles. The summed E-state index contributed by atoms with van der Waals surface area (Å²) in [4.78, 5) is 12.1. The Kier molecular flexibility index (Phi) is 3.89. The summed E-state index contributed by atoms with van der Waals surface area (Å²) >= 11 is 5.92. The van der Waals surface area contributed by atoms with Crippen LogP contribution in [0, 0.1) is 6.92 Å². The molecule has 0 aliphatic heterocycles. The zero-order valence-electron chi connectivity index (χ0n) is 11.7. The van der Waals surface area contributed by atoms with Crippen molar-refractivity contribution in [3.63, 3.8) is 0 Å². The molecule has 5 nitrogen and oxygen atoms in total. The molecule has 110 valence electrons. The van der Waals surface area contributed by atoms with Gasteiger partial charge in [0.1, 0.15) is 0 Å². The minimum Gasteiger partial charge on any atom is -0.403 e. The first-order valence-corrected chi connectivity index (χ1v) is 6.97. The first-order valence-electron chi connectivity index (χ1n) is 6.59. The molecule has 1 amide bonds. The number of nitrogens with one attached hydrogen (secondary N) is 1. The molecule has 3 rings (SSSR count). The number of benzene rings is 2. The Balaban J connectivity index is 1.77. The summed E-state index contributed by atoms with van der Waals surface area (Å²) in [5.41, 5.74) is 2.29. The average molecular weight is 314 g/mol. The topological polar surface area (TPSA) is 68.0 Å². The molecule has 0 radical (unpaired) electrons. The Bertz CT molecular complexity index is 812. The molecule has 2 aromatic carbocycles. The summed E-state index contributed by atoms with van der Waals surface area (Å²) in [6.45, 7) is 1.96. The van der Waals surface area contributed by atoms with E-state index in [4.69, 9.17) is 16.0 Å². The van der Waals surface area contributed by atoms with E-state index >= 15 is 0 Å². The quantitative estimate of drug-likeness (QED) is 0.795. The predicted molar refractivity (Wildman–Crippen MR) is 83.9 cm³/mol. The Hall–Kier alpha value is -2.66. The second-order valence-electron chi connectivity index (χ2n) is 4.74. The number of hydrogen-bond acceptors (Lipinski definition) is 4. The van der Waals surface area contributed by atoms with Crippen LogP contribution < -0.4 is 5.32 Å². The van der Waals surface area contributed by atoms with Gasteiger partial charge in [-0.3, -0.25) is 10.1 Å². The first kappa shape index (κ1) is 14.3. The van der Waals surface area contributed by atoms with Crippen molar-refractivity contribution in [1.29, 1.82) is 0 Å². The van der Waals surface area contributed by atoms with E-state index < -0.39 is 0 Å². The third kappa shape index (κ3) is 3.15. The summed E-state index contributed by atoms with van der Waals surface area (Å²) in [6, 6.07) is 14.3. The summed E-state index contributed by atoms with van der Waals surface area (Å²) in [6.07, 6.45) is 0. The number of carbonyl (C=O) groups excluding carboxylic acids is 1. The number of aryl methyl sites for hydroxylation is 1. The van der Waals surface area contributed by atoms with E-state index in [1.165, 1.54) is 0 Å². The maximum absolute atomic E-state index is 12.1. The van der Waals surface area contributed by atoms with Crippen molar-refractivity contribution < 1.29 is 9.21 Å². The van der Waals surface area contributed by atoms with Gasteiger partial charge < -0.3 is 4.42 Å². The Morgan fingerprint density at radius 3 is 2.64 bits per heavy atom. The second kappa shape index (κ2) is 5.99. The molecule has 0 spiro atoms. The monoisotopic (exact) mass is 313 g/mol. The van der Waals surface area contributed by atoms with Crippen LogP contribution in [0.5, 0.6) is 0 Å². The van der Waals surface area contributed by atoms with Crippen molar-refractivity contribution in [3.8, 4) is 11.5 Å². The Labute approximate surface area is 131 Å². The van der Waals surface area contributed by atoms with Crippen molar-refractivity contribution in [3.05, 3.63) is 64.7 Å². The van der Waals surface area contributed by atoms with Crippen molar-refractivity contribution in [2.24, 2.45) is 0 Å². The van der Waals surface area contributed by atoms with E-state index in [0.29, 0.717) is 22.0 Å². The smallest absolute Gasteiger partial charge is 0.322 e. The number of anilines is 1. The Morgan fingerprint density at radius 2 is 1.91 bits per heavy atom. The normalized spacial score (nSPS) is 10.5. The molecule has 0 aliphatic carbocycles. The number of nitrogens with zero attached hydrogens (tertiary/aromatic N) is 2. The molecule has 3 aromatic rings. The lowest BCUT2D eigenvalue weighted by molar-refractivity contribution is 0.102.